The lowest BCUT2D eigenvalue weighted by atomic mass is 10.1. The number of carbonyl (C=O) groups excluding carboxylic acids is 1. The molecule has 0 saturated carbocycles. The number of ether oxygens (including phenoxy) is 1. The number of rotatable bonds is 3. The average Bonchev–Trinajstić information content (AvgIpc) is 2.15. The van der Waals surface area contributed by atoms with Gasteiger partial charge in [-0.1, -0.05) is 12.1 Å². The molecule has 0 atom stereocenters. The maximum atomic E-state index is 11.7. The minimum Gasteiger partial charge on any atom is -0.496 e. The van der Waals surface area contributed by atoms with E-state index in [1.807, 2.05) is 0 Å². The van der Waals surface area contributed by atoms with Gasteiger partial charge in [0.05, 0.1) is 12.7 Å². The van der Waals surface area contributed by atoms with Crippen LogP contribution in [0.3, 0.4) is 0 Å². The van der Waals surface area contributed by atoms with Crippen LogP contribution in [0.1, 0.15) is 24.2 Å². The molecule has 0 unspecified atom stereocenters. The van der Waals surface area contributed by atoms with Gasteiger partial charge in [0.1, 0.15) is 11.5 Å². The molecule has 0 fully saturated rings. The van der Waals surface area contributed by atoms with Gasteiger partial charge in [0.25, 0.3) is 5.91 Å². The zero-order valence-corrected chi connectivity index (χ0v) is 9.07. The molecule has 82 valence electrons. The fraction of sp³-hybridized carbons (Fsp3) is 0.364. The zero-order chi connectivity index (χ0) is 11.5. The third-order valence-electron chi connectivity index (χ3n) is 1.77. The van der Waals surface area contributed by atoms with Crippen LogP contribution in [-0.4, -0.2) is 23.8 Å². The van der Waals surface area contributed by atoms with Crippen molar-refractivity contribution < 1.29 is 14.6 Å². The number of nitrogens with one attached hydrogen (secondary N) is 1. The lowest BCUT2D eigenvalue weighted by Crippen LogP contribution is -2.43. The van der Waals surface area contributed by atoms with Crippen LogP contribution in [0.5, 0.6) is 5.75 Å². The maximum absolute atomic E-state index is 11.7. The Morgan fingerprint density at radius 2 is 2.00 bits per heavy atom. The van der Waals surface area contributed by atoms with Gasteiger partial charge in [-0.25, -0.2) is 0 Å². The molecule has 15 heavy (non-hydrogen) atoms. The lowest BCUT2D eigenvalue weighted by molar-refractivity contribution is 0.0374. The fourth-order valence-corrected chi connectivity index (χ4v) is 1.18. The van der Waals surface area contributed by atoms with Crippen molar-refractivity contribution >= 4 is 5.91 Å². The lowest BCUT2D eigenvalue weighted by Gasteiger charge is -2.19. The minimum absolute atomic E-state index is 0.361. The van der Waals surface area contributed by atoms with Gasteiger partial charge in [0.2, 0.25) is 0 Å². The molecular formula is C11H15NO3. The molecule has 0 aliphatic heterocycles. The highest BCUT2D eigenvalue weighted by Gasteiger charge is 2.19. The number of benzene rings is 1. The molecule has 0 radical (unpaired) electrons. The topological polar surface area (TPSA) is 58.6 Å². The normalized spacial score (nSPS) is 10.9. The highest BCUT2D eigenvalue weighted by atomic mass is 16.5. The van der Waals surface area contributed by atoms with E-state index in [-0.39, 0.29) is 5.91 Å². The maximum Gasteiger partial charge on any atom is 0.257 e. The van der Waals surface area contributed by atoms with Crippen molar-refractivity contribution in [1.29, 1.82) is 0 Å². The second-order valence-corrected chi connectivity index (χ2v) is 3.71. The van der Waals surface area contributed by atoms with Crippen molar-refractivity contribution in [3.63, 3.8) is 0 Å². The van der Waals surface area contributed by atoms with Crippen LogP contribution in [0.4, 0.5) is 0 Å². The summed E-state index contributed by atoms with van der Waals surface area (Å²) in [6, 6.07) is 6.85. The molecule has 0 heterocycles. The summed E-state index contributed by atoms with van der Waals surface area (Å²) in [5, 5.41) is 11.9. The molecule has 0 aromatic heterocycles. The molecule has 0 aliphatic rings. The molecule has 0 bridgehead atoms. The van der Waals surface area contributed by atoms with Gasteiger partial charge in [-0.05, 0) is 26.0 Å². The summed E-state index contributed by atoms with van der Waals surface area (Å²) in [5.41, 5.74) is -0.833. The van der Waals surface area contributed by atoms with E-state index in [4.69, 9.17) is 4.74 Å². The van der Waals surface area contributed by atoms with Gasteiger partial charge in [-0.2, -0.15) is 0 Å². The summed E-state index contributed by atoms with van der Waals surface area (Å²) < 4.78 is 5.04. The van der Waals surface area contributed by atoms with Crippen molar-refractivity contribution in [3.8, 4) is 5.75 Å². The molecule has 0 saturated heterocycles. The SMILES string of the molecule is COc1ccccc1C(=O)NC(C)(C)O. The van der Waals surface area contributed by atoms with Crippen LogP contribution in [0.15, 0.2) is 24.3 Å². The van der Waals surface area contributed by atoms with Gasteiger partial charge < -0.3 is 15.2 Å². The number of aliphatic hydroxyl groups is 1. The third kappa shape index (κ3) is 3.25. The van der Waals surface area contributed by atoms with E-state index < -0.39 is 5.72 Å². The van der Waals surface area contributed by atoms with Crippen molar-refractivity contribution in [2.45, 2.75) is 19.6 Å². The predicted molar refractivity (Wildman–Crippen MR) is 56.8 cm³/mol. The standard InChI is InChI=1S/C11H15NO3/c1-11(2,14)12-10(13)8-6-4-5-7-9(8)15-3/h4-7,14H,1-3H3,(H,12,13). The molecule has 0 spiro atoms. The van der Waals surface area contributed by atoms with E-state index in [2.05, 4.69) is 5.32 Å². The second-order valence-electron chi connectivity index (χ2n) is 3.71. The predicted octanol–water partition coefficient (Wildman–Crippen LogP) is 1.15. The molecule has 1 aromatic carbocycles. The number of methoxy groups -OCH3 is 1. The van der Waals surface area contributed by atoms with E-state index in [1.165, 1.54) is 21.0 Å². The number of para-hydroxylation sites is 1. The first kappa shape index (κ1) is 11.5. The van der Waals surface area contributed by atoms with Crippen LogP contribution in [-0.2, 0) is 0 Å². The summed E-state index contributed by atoms with van der Waals surface area (Å²) in [4.78, 5) is 11.7. The van der Waals surface area contributed by atoms with Crippen LogP contribution in [0, 0.1) is 0 Å². The molecule has 0 aliphatic carbocycles. The molecule has 1 aromatic rings. The molecule has 2 N–H and O–H groups in total. The smallest absolute Gasteiger partial charge is 0.257 e. The summed E-state index contributed by atoms with van der Waals surface area (Å²) >= 11 is 0. The van der Waals surface area contributed by atoms with Gasteiger partial charge in [-0.3, -0.25) is 4.79 Å². The Bertz CT molecular complexity index is 355. The Balaban J connectivity index is 2.91. The van der Waals surface area contributed by atoms with Crippen molar-refractivity contribution in [3.05, 3.63) is 29.8 Å². The first-order chi connectivity index (χ1) is 6.94. The Hall–Kier alpha value is -1.55. The van der Waals surface area contributed by atoms with Crippen molar-refractivity contribution in [2.24, 2.45) is 0 Å². The Labute approximate surface area is 88.9 Å². The molecular weight excluding hydrogens is 194 g/mol. The molecule has 4 nitrogen and oxygen atoms in total. The van der Waals surface area contributed by atoms with Gasteiger partial charge in [-0.15, -0.1) is 0 Å². The number of carbonyl (C=O) groups is 1. The van der Waals surface area contributed by atoms with Crippen LogP contribution >= 0.6 is 0 Å². The summed E-state index contributed by atoms with van der Waals surface area (Å²) in [6.45, 7) is 3.00. The van der Waals surface area contributed by atoms with Crippen molar-refractivity contribution in [1.82, 2.24) is 5.32 Å². The third-order valence-corrected chi connectivity index (χ3v) is 1.77. The van der Waals surface area contributed by atoms with E-state index in [0.717, 1.165) is 0 Å². The number of hydrogen-bond acceptors (Lipinski definition) is 3. The minimum atomic E-state index is -1.24. The van der Waals surface area contributed by atoms with E-state index in [0.29, 0.717) is 11.3 Å². The molecule has 1 amide bonds. The second kappa shape index (κ2) is 4.31. The quantitative estimate of drug-likeness (QED) is 0.734. The highest BCUT2D eigenvalue weighted by Crippen LogP contribution is 2.17. The van der Waals surface area contributed by atoms with Crippen LogP contribution < -0.4 is 10.1 Å². The summed E-state index contributed by atoms with van der Waals surface area (Å²) in [6.07, 6.45) is 0. The first-order valence-corrected chi connectivity index (χ1v) is 4.62. The average molecular weight is 209 g/mol. The monoisotopic (exact) mass is 209 g/mol. The molecule has 4 heteroatoms. The van der Waals surface area contributed by atoms with Crippen LogP contribution in [0.2, 0.25) is 0 Å². The van der Waals surface area contributed by atoms with Crippen LogP contribution in [0.25, 0.3) is 0 Å². The largest absolute Gasteiger partial charge is 0.496 e. The van der Waals surface area contributed by atoms with E-state index in [1.54, 1.807) is 24.3 Å². The highest BCUT2D eigenvalue weighted by molar-refractivity contribution is 5.97. The number of amides is 1. The summed E-state index contributed by atoms with van der Waals surface area (Å²) in [7, 11) is 1.50. The number of hydrogen-bond donors (Lipinski definition) is 2. The van der Waals surface area contributed by atoms with Gasteiger partial charge in [0, 0.05) is 0 Å². The first-order valence-electron chi connectivity index (χ1n) is 4.62. The van der Waals surface area contributed by atoms with Crippen molar-refractivity contribution in [2.75, 3.05) is 7.11 Å². The van der Waals surface area contributed by atoms with Gasteiger partial charge in [0.15, 0.2) is 0 Å². The van der Waals surface area contributed by atoms with E-state index in [9.17, 15) is 9.90 Å². The Morgan fingerprint density at radius 3 is 2.53 bits per heavy atom. The molecule has 1 rings (SSSR count). The Kier molecular flexibility index (Phi) is 3.31. The van der Waals surface area contributed by atoms with E-state index >= 15 is 0 Å². The zero-order valence-electron chi connectivity index (χ0n) is 9.07. The van der Waals surface area contributed by atoms with Gasteiger partial charge >= 0.3 is 0 Å². The summed E-state index contributed by atoms with van der Waals surface area (Å²) in [5.74, 6) is 0.124. The fourth-order valence-electron chi connectivity index (χ4n) is 1.18. The Morgan fingerprint density at radius 1 is 1.40 bits per heavy atom.